The Balaban J connectivity index is 1.54. The fourth-order valence-corrected chi connectivity index (χ4v) is 5.34. The lowest BCUT2D eigenvalue weighted by Gasteiger charge is -2.18. The first kappa shape index (κ1) is 25.0. The standard InChI is InChI=1S/C28H26F3N5S/c1-19(20-10-5-4-6-11-20)33-26-32-15-14-23(34-26)25-24(21-12-9-13-22(18-21)28(29,30)31)35-27(37-25)36-16-7-2-3-8-17-36/h2-6,9-15,18-19H,7-8,16-17H2,1H3,(H,32,33,34). The Morgan fingerprint density at radius 3 is 2.43 bits per heavy atom. The number of alkyl halides is 3. The molecule has 5 rings (SSSR count). The van der Waals surface area contributed by atoms with E-state index in [1.807, 2.05) is 37.3 Å². The summed E-state index contributed by atoms with van der Waals surface area (Å²) in [6.07, 6.45) is 3.31. The number of hydrogen-bond donors (Lipinski definition) is 1. The third-order valence-electron chi connectivity index (χ3n) is 6.18. The number of nitrogens with zero attached hydrogens (tertiary/aromatic N) is 4. The molecular formula is C28H26F3N5S. The zero-order chi connectivity index (χ0) is 25.8. The van der Waals surface area contributed by atoms with Gasteiger partial charge in [0.15, 0.2) is 5.13 Å². The van der Waals surface area contributed by atoms with Crippen LogP contribution in [0.15, 0.2) is 79.0 Å². The van der Waals surface area contributed by atoms with Crippen molar-refractivity contribution in [3.05, 3.63) is 90.1 Å². The molecule has 0 amide bonds. The monoisotopic (exact) mass is 521 g/mol. The topological polar surface area (TPSA) is 53.9 Å². The summed E-state index contributed by atoms with van der Waals surface area (Å²) >= 11 is 1.45. The minimum absolute atomic E-state index is 0.0268. The molecular weight excluding hydrogens is 495 g/mol. The number of rotatable bonds is 6. The van der Waals surface area contributed by atoms with Crippen molar-refractivity contribution in [2.75, 3.05) is 23.3 Å². The lowest BCUT2D eigenvalue weighted by atomic mass is 10.1. The van der Waals surface area contributed by atoms with Crippen LogP contribution in [0, 0.1) is 0 Å². The molecule has 0 saturated carbocycles. The van der Waals surface area contributed by atoms with Gasteiger partial charge in [0.1, 0.15) is 0 Å². The van der Waals surface area contributed by atoms with E-state index in [1.165, 1.54) is 17.4 Å². The van der Waals surface area contributed by atoms with Gasteiger partial charge in [-0.3, -0.25) is 0 Å². The van der Waals surface area contributed by atoms with Crippen LogP contribution >= 0.6 is 11.3 Å². The van der Waals surface area contributed by atoms with E-state index >= 15 is 0 Å². The van der Waals surface area contributed by atoms with Gasteiger partial charge in [0, 0.05) is 24.8 Å². The maximum absolute atomic E-state index is 13.5. The summed E-state index contributed by atoms with van der Waals surface area (Å²) < 4.78 is 40.5. The molecule has 2 aromatic heterocycles. The molecule has 0 fully saturated rings. The average Bonchev–Trinajstić information content (AvgIpc) is 3.17. The first-order chi connectivity index (χ1) is 17.9. The molecule has 0 spiro atoms. The number of aromatic nitrogens is 3. The molecule has 1 unspecified atom stereocenters. The van der Waals surface area contributed by atoms with E-state index in [2.05, 4.69) is 27.4 Å². The molecule has 2 aromatic carbocycles. The van der Waals surface area contributed by atoms with E-state index < -0.39 is 11.7 Å². The van der Waals surface area contributed by atoms with Gasteiger partial charge in [0.25, 0.3) is 0 Å². The van der Waals surface area contributed by atoms with Crippen LogP contribution in [0.1, 0.15) is 36.9 Å². The first-order valence-corrected chi connectivity index (χ1v) is 12.9. The lowest BCUT2D eigenvalue weighted by Crippen LogP contribution is -2.23. The normalized spacial score (nSPS) is 14.9. The van der Waals surface area contributed by atoms with Crippen LogP contribution in [0.4, 0.5) is 24.3 Å². The van der Waals surface area contributed by atoms with Gasteiger partial charge in [-0.25, -0.2) is 15.0 Å². The van der Waals surface area contributed by atoms with Crippen molar-refractivity contribution in [1.29, 1.82) is 0 Å². The molecule has 1 N–H and O–H groups in total. The van der Waals surface area contributed by atoms with Crippen molar-refractivity contribution in [2.45, 2.75) is 32.0 Å². The number of nitrogens with one attached hydrogen (secondary N) is 1. The fourth-order valence-electron chi connectivity index (χ4n) is 4.23. The molecule has 1 atom stereocenters. The number of anilines is 2. The third kappa shape index (κ3) is 5.83. The number of halogens is 3. The third-order valence-corrected chi connectivity index (χ3v) is 7.32. The van der Waals surface area contributed by atoms with Crippen molar-refractivity contribution in [1.82, 2.24) is 15.0 Å². The maximum atomic E-state index is 13.5. The molecule has 1 aliphatic rings. The van der Waals surface area contributed by atoms with Gasteiger partial charge in [-0.15, -0.1) is 0 Å². The molecule has 37 heavy (non-hydrogen) atoms. The van der Waals surface area contributed by atoms with E-state index in [0.29, 0.717) is 27.8 Å². The fraction of sp³-hybridized carbons (Fsp3) is 0.250. The molecule has 9 heteroatoms. The molecule has 4 aromatic rings. The van der Waals surface area contributed by atoms with Crippen LogP contribution in [-0.4, -0.2) is 28.0 Å². The second-order valence-corrected chi connectivity index (χ2v) is 9.81. The highest BCUT2D eigenvalue weighted by Crippen LogP contribution is 2.41. The Labute approximate surface area is 217 Å². The van der Waals surface area contributed by atoms with Gasteiger partial charge in [-0.05, 0) is 43.5 Å². The predicted octanol–water partition coefficient (Wildman–Crippen LogP) is 7.62. The van der Waals surface area contributed by atoms with Crippen molar-refractivity contribution in [3.63, 3.8) is 0 Å². The van der Waals surface area contributed by atoms with Gasteiger partial charge in [-0.1, -0.05) is 66.0 Å². The van der Waals surface area contributed by atoms with Crippen molar-refractivity contribution in [3.8, 4) is 21.8 Å². The highest BCUT2D eigenvalue weighted by Gasteiger charge is 2.31. The highest BCUT2D eigenvalue weighted by molar-refractivity contribution is 7.19. The van der Waals surface area contributed by atoms with Crippen LogP contribution < -0.4 is 10.2 Å². The molecule has 0 radical (unpaired) electrons. The second-order valence-electron chi connectivity index (χ2n) is 8.83. The summed E-state index contributed by atoms with van der Waals surface area (Å²) in [6.45, 7) is 3.63. The quantitative estimate of drug-likeness (QED) is 0.265. The summed E-state index contributed by atoms with van der Waals surface area (Å²) in [4.78, 5) is 16.9. The van der Waals surface area contributed by atoms with E-state index in [-0.39, 0.29) is 6.04 Å². The Bertz CT molecular complexity index is 1370. The summed E-state index contributed by atoms with van der Waals surface area (Å²) in [5.41, 5.74) is 1.90. The molecule has 0 bridgehead atoms. The van der Waals surface area contributed by atoms with Gasteiger partial charge in [0.05, 0.1) is 27.9 Å². The van der Waals surface area contributed by atoms with Crippen LogP contribution in [0.2, 0.25) is 0 Å². The maximum Gasteiger partial charge on any atom is 0.416 e. The largest absolute Gasteiger partial charge is 0.416 e. The van der Waals surface area contributed by atoms with E-state index in [1.54, 1.807) is 18.3 Å². The zero-order valence-corrected chi connectivity index (χ0v) is 21.1. The molecule has 5 nitrogen and oxygen atoms in total. The molecule has 1 aliphatic heterocycles. The van der Waals surface area contributed by atoms with E-state index in [4.69, 9.17) is 9.97 Å². The smallest absolute Gasteiger partial charge is 0.348 e. The summed E-state index contributed by atoms with van der Waals surface area (Å²) in [5, 5.41) is 4.10. The predicted molar refractivity (Wildman–Crippen MR) is 143 cm³/mol. The number of thiazole rings is 1. The van der Waals surface area contributed by atoms with Crippen LogP contribution in [0.5, 0.6) is 0 Å². The lowest BCUT2D eigenvalue weighted by molar-refractivity contribution is -0.137. The average molecular weight is 522 g/mol. The highest BCUT2D eigenvalue weighted by atomic mass is 32.1. The van der Waals surface area contributed by atoms with Crippen LogP contribution in [0.3, 0.4) is 0 Å². The minimum atomic E-state index is -4.44. The number of hydrogen-bond acceptors (Lipinski definition) is 6. The Kier molecular flexibility index (Phi) is 7.23. The van der Waals surface area contributed by atoms with Crippen molar-refractivity contribution >= 4 is 22.4 Å². The zero-order valence-electron chi connectivity index (χ0n) is 20.2. The Morgan fingerprint density at radius 1 is 0.946 bits per heavy atom. The first-order valence-electron chi connectivity index (χ1n) is 12.1. The van der Waals surface area contributed by atoms with Crippen molar-refractivity contribution in [2.24, 2.45) is 0 Å². The van der Waals surface area contributed by atoms with Crippen LogP contribution in [-0.2, 0) is 6.18 Å². The van der Waals surface area contributed by atoms with Crippen molar-refractivity contribution < 1.29 is 13.2 Å². The van der Waals surface area contributed by atoms with Gasteiger partial charge >= 0.3 is 6.18 Å². The second kappa shape index (κ2) is 10.7. The van der Waals surface area contributed by atoms with E-state index in [9.17, 15) is 13.2 Å². The number of benzene rings is 2. The Morgan fingerprint density at radius 2 is 1.70 bits per heavy atom. The van der Waals surface area contributed by atoms with Gasteiger partial charge in [0.2, 0.25) is 5.95 Å². The summed E-state index contributed by atoms with van der Waals surface area (Å²) in [6, 6.07) is 17.0. The van der Waals surface area contributed by atoms with Gasteiger partial charge < -0.3 is 10.2 Å². The molecule has 3 heterocycles. The summed E-state index contributed by atoms with van der Waals surface area (Å²) in [7, 11) is 0. The summed E-state index contributed by atoms with van der Waals surface area (Å²) in [5.74, 6) is 0.442. The van der Waals surface area contributed by atoms with E-state index in [0.717, 1.165) is 48.8 Å². The molecule has 0 aliphatic carbocycles. The molecule has 0 saturated heterocycles. The SMILES string of the molecule is CC(Nc1nccc(-c2sc(N3CCC=CCC3)nc2-c2cccc(C(F)(F)F)c2)n1)c1ccccc1. The van der Waals surface area contributed by atoms with Gasteiger partial charge in [-0.2, -0.15) is 13.2 Å². The minimum Gasteiger partial charge on any atom is -0.348 e. The van der Waals surface area contributed by atoms with Crippen LogP contribution in [0.25, 0.3) is 21.8 Å². The Hall–Kier alpha value is -3.72. The molecule has 190 valence electrons.